The summed E-state index contributed by atoms with van der Waals surface area (Å²) in [5, 5.41) is 10.2. The molecule has 0 saturated heterocycles. The summed E-state index contributed by atoms with van der Waals surface area (Å²) in [5.41, 5.74) is 2.46. The number of thioether (sulfide) groups is 1. The summed E-state index contributed by atoms with van der Waals surface area (Å²) in [5.74, 6) is -0.510. The van der Waals surface area contributed by atoms with Crippen LogP contribution in [0, 0.1) is 0 Å². The molecule has 0 spiro atoms. The van der Waals surface area contributed by atoms with E-state index in [1.807, 2.05) is 30.5 Å². The lowest BCUT2D eigenvalue weighted by molar-refractivity contribution is -0.141. The largest absolute Gasteiger partial charge is 0.280 e. The normalized spacial score (nSPS) is 13.2. The van der Waals surface area contributed by atoms with Crippen molar-refractivity contribution in [2.75, 3.05) is 25.6 Å². The average Bonchev–Trinajstić information content (AvgIpc) is 3.01. The second kappa shape index (κ2) is 10.2. The van der Waals surface area contributed by atoms with Gasteiger partial charge in [0.2, 0.25) is 5.91 Å². The fourth-order valence-corrected chi connectivity index (χ4v) is 3.75. The Balaban J connectivity index is 1.71. The van der Waals surface area contributed by atoms with E-state index in [1.54, 1.807) is 43.1 Å². The van der Waals surface area contributed by atoms with Crippen molar-refractivity contribution in [2.24, 2.45) is 10.2 Å². The third-order valence-corrected chi connectivity index (χ3v) is 5.44. The number of carbonyl (C=O) groups excluding carboxylic acids is 3. The van der Waals surface area contributed by atoms with Crippen LogP contribution in [0.4, 0.5) is 5.69 Å². The number of rotatable bonds is 9. The van der Waals surface area contributed by atoms with Gasteiger partial charge in [-0.2, -0.15) is 27.0 Å². The van der Waals surface area contributed by atoms with Gasteiger partial charge >= 0.3 is 0 Å². The van der Waals surface area contributed by atoms with Crippen LogP contribution < -0.4 is 0 Å². The first-order chi connectivity index (χ1) is 14.6. The Morgan fingerprint density at radius 1 is 1.03 bits per heavy atom. The number of fused-ring (bicyclic) bond motifs is 1. The van der Waals surface area contributed by atoms with E-state index in [1.165, 1.54) is 5.01 Å². The monoisotopic (exact) mass is 424 g/mol. The lowest BCUT2D eigenvalue weighted by atomic mass is 10.1. The number of azo groups is 1. The highest BCUT2D eigenvalue weighted by Crippen LogP contribution is 2.26. The number of amides is 3. The predicted octanol–water partition coefficient (Wildman–Crippen LogP) is 4.13. The molecule has 0 N–H and O–H groups in total. The standard InChI is InChI=1S/C22H24N4O3S/c1-23-24-19-12-6-3-8-16(19)9-7-13-20(27)25(14-15-30-2)26-21(28)17-10-4-5-11-18(17)22(26)29/h3-6,8,10-12H,7,9,13-15H2,1-2H3. The summed E-state index contributed by atoms with van der Waals surface area (Å²) < 4.78 is 0. The van der Waals surface area contributed by atoms with E-state index in [0.717, 1.165) is 16.3 Å². The van der Waals surface area contributed by atoms with E-state index in [4.69, 9.17) is 0 Å². The summed E-state index contributed by atoms with van der Waals surface area (Å²) in [6.45, 7) is 0.298. The molecule has 0 atom stereocenters. The molecule has 1 aliphatic rings. The van der Waals surface area contributed by atoms with Crippen molar-refractivity contribution in [1.82, 2.24) is 10.0 Å². The van der Waals surface area contributed by atoms with Gasteiger partial charge in [-0.25, -0.2) is 5.01 Å². The van der Waals surface area contributed by atoms with Crippen LogP contribution in [0.3, 0.4) is 0 Å². The summed E-state index contributed by atoms with van der Waals surface area (Å²) in [7, 11) is 1.62. The zero-order chi connectivity index (χ0) is 21.5. The second-order valence-electron chi connectivity index (χ2n) is 6.76. The van der Waals surface area contributed by atoms with Crippen molar-refractivity contribution >= 4 is 35.2 Å². The van der Waals surface area contributed by atoms with Crippen molar-refractivity contribution < 1.29 is 14.4 Å². The van der Waals surface area contributed by atoms with Gasteiger partial charge < -0.3 is 0 Å². The Kier molecular flexibility index (Phi) is 7.35. The van der Waals surface area contributed by atoms with Gasteiger partial charge in [0.15, 0.2) is 0 Å². The molecular formula is C22H24N4O3S. The minimum absolute atomic E-state index is 0.222. The first-order valence-electron chi connectivity index (χ1n) is 9.73. The predicted molar refractivity (Wildman–Crippen MR) is 117 cm³/mol. The van der Waals surface area contributed by atoms with Crippen LogP contribution in [-0.4, -0.2) is 53.3 Å². The first kappa shape index (κ1) is 21.7. The van der Waals surface area contributed by atoms with E-state index in [0.29, 0.717) is 36.3 Å². The molecule has 0 saturated carbocycles. The molecule has 0 bridgehead atoms. The van der Waals surface area contributed by atoms with E-state index in [-0.39, 0.29) is 12.3 Å². The zero-order valence-electron chi connectivity index (χ0n) is 17.1. The molecule has 0 unspecified atom stereocenters. The molecule has 1 aliphatic heterocycles. The van der Waals surface area contributed by atoms with E-state index >= 15 is 0 Å². The van der Waals surface area contributed by atoms with Gasteiger partial charge in [-0.05, 0) is 42.9 Å². The third-order valence-electron chi connectivity index (χ3n) is 4.85. The van der Waals surface area contributed by atoms with Gasteiger partial charge in [0.05, 0.1) is 23.4 Å². The maximum absolute atomic E-state index is 13.0. The second-order valence-corrected chi connectivity index (χ2v) is 7.75. The van der Waals surface area contributed by atoms with Crippen LogP contribution in [0.2, 0.25) is 0 Å². The highest BCUT2D eigenvalue weighted by atomic mass is 32.2. The smallest absolute Gasteiger partial charge is 0.273 e. The molecule has 3 rings (SSSR count). The molecule has 2 aromatic rings. The van der Waals surface area contributed by atoms with Gasteiger partial charge in [0, 0.05) is 19.2 Å². The topological polar surface area (TPSA) is 82.4 Å². The zero-order valence-corrected chi connectivity index (χ0v) is 17.9. The van der Waals surface area contributed by atoms with Crippen molar-refractivity contribution in [3.63, 3.8) is 0 Å². The van der Waals surface area contributed by atoms with Crippen LogP contribution in [0.5, 0.6) is 0 Å². The van der Waals surface area contributed by atoms with Gasteiger partial charge in [-0.15, -0.1) is 0 Å². The molecule has 0 fully saturated rings. The third kappa shape index (κ3) is 4.59. The van der Waals surface area contributed by atoms with E-state index in [2.05, 4.69) is 10.2 Å². The molecule has 1 heterocycles. The number of hydrazine groups is 1. The molecule has 3 amide bonds. The fourth-order valence-electron chi connectivity index (χ4n) is 3.40. The quantitative estimate of drug-likeness (QED) is 0.448. The van der Waals surface area contributed by atoms with Crippen LogP contribution in [0.25, 0.3) is 0 Å². The molecule has 30 heavy (non-hydrogen) atoms. The van der Waals surface area contributed by atoms with Crippen molar-refractivity contribution in [2.45, 2.75) is 19.3 Å². The number of nitrogens with zero attached hydrogens (tertiary/aromatic N) is 4. The van der Waals surface area contributed by atoms with E-state index < -0.39 is 11.8 Å². The lowest BCUT2D eigenvalue weighted by Gasteiger charge is -2.30. The highest BCUT2D eigenvalue weighted by molar-refractivity contribution is 7.98. The van der Waals surface area contributed by atoms with E-state index in [9.17, 15) is 14.4 Å². The molecule has 7 nitrogen and oxygen atoms in total. The Morgan fingerprint density at radius 3 is 2.30 bits per heavy atom. The average molecular weight is 425 g/mol. The molecule has 8 heteroatoms. The SMILES string of the molecule is CN=Nc1ccccc1CCCC(=O)N(CCSC)N1C(=O)c2ccccc2C1=O. The minimum Gasteiger partial charge on any atom is -0.273 e. The van der Waals surface area contributed by atoms with Crippen molar-refractivity contribution in [1.29, 1.82) is 0 Å². The van der Waals surface area contributed by atoms with Crippen LogP contribution in [0.15, 0.2) is 58.8 Å². The molecule has 156 valence electrons. The molecule has 0 aromatic heterocycles. The minimum atomic E-state index is -0.446. The highest BCUT2D eigenvalue weighted by Gasteiger charge is 2.40. The number of hydrogen-bond acceptors (Lipinski definition) is 6. The number of benzene rings is 2. The van der Waals surface area contributed by atoms with Gasteiger partial charge in [-0.3, -0.25) is 14.4 Å². The van der Waals surface area contributed by atoms with Gasteiger partial charge in [-0.1, -0.05) is 30.3 Å². The van der Waals surface area contributed by atoms with Crippen LogP contribution in [0.1, 0.15) is 39.1 Å². The van der Waals surface area contributed by atoms with Crippen molar-refractivity contribution in [3.8, 4) is 0 Å². The van der Waals surface area contributed by atoms with Gasteiger partial charge in [0.25, 0.3) is 11.8 Å². The maximum Gasteiger partial charge on any atom is 0.280 e. The molecule has 0 radical (unpaired) electrons. The van der Waals surface area contributed by atoms with Gasteiger partial charge in [0.1, 0.15) is 0 Å². The fraction of sp³-hybridized carbons (Fsp3) is 0.318. The molecule has 0 aliphatic carbocycles. The number of imide groups is 1. The number of carbonyl (C=O) groups is 3. The Morgan fingerprint density at radius 2 is 1.67 bits per heavy atom. The Bertz CT molecular complexity index is 941. The first-order valence-corrected chi connectivity index (χ1v) is 11.1. The summed E-state index contributed by atoms with van der Waals surface area (Å²) in [6, 6.07) is 14.3. The molecular weight excluding hydrogens is 400 g/mol. The maximum atomic E-state index is 13.0. The number of aryl methyl sites for hydroxylation is 1. The Hall–Kier alpha value is -3.00. The van der Waals surface area contributed by atoms with Crippen LogP contribution >= 0.6 is 11.8 Å². The summed E-state index contributed by atoms with van der Waals surface area (Å²) >= 11 is 1.55. The molecule has 2 aromatic carbocycles. The lowest BCUT2D eigenvalue weighted by Crippen LogP contribution is -2.50. The van der Waals surface area contributed by atoms with Crippen molar-refractivity contribution in [3.05, 3.63) is 65.2 Å². The summed E-state index contributed by atoms with van der Waals surface area (Å²) in [6.07, 6.45) is 3.37. The summed E-state index contributed by atoms with van der Waals surface area (Å²) in [4.78, 5) is 38.6. The van der Waals surface area contributed by atoms with Crippen LogP contribution in [-0.2, 0) is 11.2 Å². The number of hydrogen-bond donors (Lipinski definition) is 0. The Labute approximate surface area is 180 Å².